The molecule has 0 aromatic carbocycles. The van der Waals surface area contributed by atoms with Crippen LogP contribution in [0.5, 0.6) is 0 Å². The van der Waals surface area contributed by atoms with Gasteiger partial charge in [0.1, 0.15) is 0 Å². The minimum absolute atomic E-state index is 0.155. The fourth-order valence-corrected chi connectivity index (χ4v) is 3.22. The van der Waals surface area contributed by atoms with Crippen LogP contribution in [-0.2, 0) is 14.2 Å². The summed E-state index contributed by atoms with van der Waals surface area (Å²) in [6, 6.07) is 0.521. The van der Waals surface area contributed by atoms with E-state index in [9.17, 15) is 0 Å². The van der Waals surface area contributed by atoms with Crippen LogP contribution in [-0.4, -0.2) is 45.8 Å². The SMILES string of the molecule is COC(CNC1C2CCOC2C1(C)C)OC. The number of hydrogen-bond donors (Lipinski definition) is 1. The molecule has 16 heavy (non-hydrogen) atoms. The van der Waals surface area contributed by atoms with Gasteiger partial charge >= 0.3 is 0 Å². The van der Waals surface area contributed by atoms with Crippen LogP contribution in [0.2, 0.25) is 0 Å². The predicted octanol–water partition coefficient (Wildman–Crippen LogP) is 1.01. The first-order valence-electron chi connectivity index (χ1n) is 6.02. The van der Waals surface area contributed by atoms with Gasteiger partial charge in [0.2, 0.25) is 0 Å². The molecule has 0 aromatic rings. The van der Waals surface area contributed by atoms with E-state index in [1.165, 1.54) is 6.42 Å². The summed E-state index contributed by atoms with van der Waals surface area (Å²) < 4.78 is 16.1. The number of fused-ring (bicyclic) bond motifs is 1. The largest absolute Gasteiger partial charge is 0.377 e. The summed E-state index contributed by atoms with van der Waals surface area (Å²) in [4.78, 5) is 0. The van der Waals surface area contributed by atoms with Gasteiger partial charge in [-0.25, -0.2) is 0 Å². The maximum Gasteiger partial charge on any atom is 0.169 e. The minimum Gasteiger partial charge on any atom is -0.377 e. The molecule has 1 aliphatic carbocycles. The molecular weight excluding hydrogens is 206 g/mol. The maximum absolute atomic E-state index is 5.75. The standard InChI is InChI=1S/C12H23NO3/c1-12(2)10(8-5-6-16-11(8)12)13-7-9(14-3)15-4/h8-11,13H,5-7H2,1-4H3. The molecule has 1 saturated carbocycles. The molecule has 0 aromatic heterocycles. The zero-order chi connectivity index (χ0) is 11.8. The van der Waals surface area contributed by atoms with E-state index >= 15 is 0 Å². The van der Waals surface area contributed by atoms with Crippen molar-refractivity contribution in [3.63, 3.8) is 0 Å². The molecule has 0 radical (unpaired) electrons. The first-order valence-corrected chi connectivity index (χ1v) is 6.02. The maximum atomic E-state index is 5.75. The van der Waals surface area contributed by atoms with Crippen LogP contribution < -0.4 is 5.32 Å². The highest BCUT2D eigenvalue weighted by atomic mass is 16.7. The summed E-state index contributed by atoms with van der Waals surface area (Å²) in [7, 11) is 3.34. The first-order chi connectivity index (χ1) is 7.61. The number of methoxy groups -OCH3 is 2. The lowest BCUT2D eigenvalue weighted by molar-refractivity contribution is -0.133. The Hall–Kier alpha value is -0.160. The summed E-state index contributed by atoms with van der Waals surface area (Å²) >= 11 is 0. The lowest BCUT2D eigenvalue weighted by Gasteiger charge is -2.55. The molecular formula is C12H23NO3. The van der Waals surface area contributed by atoms with Crippen molar-refractivity contribution in [2.45, 2.75) is 38.7 Å². The zero-order valence-electron chi connectivity index (χ0n) is 10.7. The van der Waals surface area contributed by atoms with Crippen molar-refractivity contribution in [1.82, 2.24) is 5.32 Å². The van der Waals surface area contributed by atoms with E-state index in [1.54, 1.807) is 14.2 Å². The van der Waals surface area contributed by atoms with E-state index in [2.05, 4.69) is 19.2 Å². The smallest absolute Gasteiger partial charge is 0.169 e. The molecule has 3 atom stereocenters. The van der Waals surface area contributed by atoms with Gasteiger partial charge in [0, 0.05) is 44.7 Å². The quantitative estimate of drug-likeness (QED) is 0.714. The highest BCUT2D eigenvalue weighted by Crippen LogP contribution is 2.51. The molecule has 4 heteroatoms. The van der Waals surface area contributed by atoms with Gasteiger partial charge in [-0.05, 0) is 6.42 Å². The van der Waals surface area contributed by atoms with E-state index in [0.29, 0.717) is 18.1 Å². The van der Waals surface area contributed by atoms with Crippen molar-refractivity contribution < 1.29 is 14.2 Å². The summed E-state index contributed by atoms with van der Waals surface area (Å²) in [5.41, 5.74) is 0.229. The van der Waals surface area contributed by atoms with Crippen molar-refractivity contribution in [3.8, 4) is 0 Å². The Balaban J connectivity index is 1.85. The average molecular weight is 229 g/mol. The molecule has 2 fully saturated rings. The van der Waals surface area contributed by atoms with Gasteiger partial charge in [0.05, 0.1) is 6.10 Å². The topological polar surface area (TPSA) is 39.7 Å². The summed E-state index contributed by atoms with van der Waals surface area (Å²) in [6.07, 6.45) is 1.46. The second-order valence-electron chi connectivity index (χ2n) is 5.35. The van der Waals surface area contributed by atoms with Gasteiger partial charge in [0.15, 0.2) is 6.29 Å². The normalized spacial score (nSPS) is 36.2. The van der Waals surface area contributed by atoms with Gasteiger partial charge in [-0.15, -0.1) is 0 Å². The lowest BCUT2D eigenvalue weighted by atomic mass is 9.57. The van der Waals surface area contributed by atoms with E-state index in [0.717, 1.165) is 13.2 Å². The van der Waals surface area contributed by atoms with E-state index < -0.39 is 0 Å². The van der Waals surface area contributed by atoms with Crippen LogP contribution in [0.15, 0.2) is 0 Å². The molecule has 2 aliphatic rings. The summed E-state index contributed by atoms with van der Waals surface area (Å²) in [5.74, 6) is 0.671. The molecule has 0 bridgehead atoms. The van der Waals surface area contributed by atoms with Crippen LogP contribution in [0.4, 0.5) is 0 Å². The molecule has 1 N–H and O–H groups in total. The Morgan fingerprint density at radius 3 is 2.69 bits per heavy atom. The molecule has 1 saturated heterocycles. The zero-order valence-corrected chi connectivity index (χ0v) is 10.7. The van der Waals surface area contributed by atoms with Crippen molar-refractivity contribution in [3.05, 3.63) is 0 Å². The third kappa shape index (κ3) is 1.88. The first kappa shape index (κ1) is 12.3. The molecule has 4 nitrogen and oxygen atoms in total. The molecule has 0 spiro atoms. The van der Waals surface area contributed by atoms with Gasteiger partial charge in [0.25, 0.3) is 0 Å². The number of hydrogen-bond acceptors (Lipinski definition) is 4. The van der Waals surface area contributed by atoms with E-state index in [1.807, 2.05) is 0 Å². The Bertz CT molecular complexity index is 240. The third-order valence-electron chi connectivity index (χ3n) is 4.13. The molecule has 0 amide bonds. The summed E-state index contributed by atoms with van der Waals surface area (Å²) in [6.45, 7) is 6.19. The summed E-state index contributed by atoms with van der Waals surface area (Å²) in [5, 5.41) is 3.55. The number of ether oxygens (including phenoxy) is 3. The molecule has 1 aliphatic heterocycles. The van der Waals surface area contributed by atoms with Gasteiger partial charge < -0.3 is 19.5 Å². The Kier molecular flexibility index (Phi) is 3.54. The van der Waals surface area contributed by atoms with Crippen LogP contribution in [0, 0.1) is 11.3 Å². The number of rotatable bonds is 5. The fraction of sp³-hybridized carbons (Fsp3) is 1.00. The Labute approximate surface area is 97.6 Å². The van der Waals surface area contributed by atoms with E-state index in [4.69, 9.17) is 14.2 Å². The highest BCUT2D eigenvalue weighted by molar-refractivity contribution is 5.11. The monoisotopic (exact) mass is 229 g/mol. The predicted molar refractivity (Wildman–Crippen MR) is 61.2 cm³/mol. The second kappa shape index (κ2) is 4.61. The van der Waals surface area contributed by atoms with Crippen molar-refractivity contribution >= 4 is 0 Å². The number of nitrogens with one attached hydrogen (secondary N) is 1. The average Bonchev–Trinajstić information content (AvgIpc) is 2.70. The van der Waals surface area contributed by atoms with Crippen LogP contribution in [0.1, 0.15) is 20.3 Å². The van der Waals surface area contributed by atoms with Gasteiger partial charge in [-0.3, -0.25) is 0 Å². The van der Waals surface area contributed by atoms with Crippen molar-refractivity contribution in [2.24, 2.45) is 11.3 Å². The third-order valence-corrected chi connectivity index (χ3v) is 4.13. The lowest BCUT2D eigenvalue weighted by Crippen LogP contribution is -2.66. The molecule has 2 rings (SSSR count). The molecule has 3 unspecified atom stereocenters. The minimum atomic E-state index is -0.155. The Morgan fingerprint density at radius 1 is 1.38 bits per heavy atom. The Morgan fingerprint density at radius 2 is 2.06 bits per heavy atom. The molecule has 1 heterocycles. The van der Waals surface area contributed by atoms with Crippen molar-refractivity contribution in [1.29, 1.82) is 0 Å². The fourth-order valence-electron chi connectivity index (χ4n) is 3.22. The highest BCUT2D eigenvalue weighted by Gasteiger charge is 2.58. The molecule has 94 valence electrons. The second-order valence-corrected chi connectivity index (χ2v) is 5.35. The van der Waals surface area contributed by atoms with Gasteiger partial charge in [-0.2, -0.15) is 0 Å². The van der Waals surface area contributed by atoms with E-state index in [-0.39, 0.29) is 11.7 Å². The van der Waals surface area contributed by atoms with Gasteiger partial charge in [-0.1, -0.05) is 13.8 Å². The van der Waals surface area contributed by atoms with Crippen LogP contribution in [0.25, 0.3) is 0 Å². The van der Waals surface area contributed by atoms with Crippen LogP contribution in [0.3, 0.4) is 0 Å². The van der Waals surface area contributed by atoms with Crippen molar-refractivity contribution in [2.75, 3.05) is 27.4 Å². The van der Waals surface area contributed by atoms with Crippen LogP contribution >= 0.6 is 0 Å².